The van der Waals surface area contributed by atoms with Crippen LogP contribution >= 0.6 is 0 Å². The Morgan fingerprint density at radius 3 is 2.40 bits per heavy atom. The molecule has 3 heteroatoms. The molecule has 0 aliphatic carbocycles. The van der Waals surface area contributed by atoms with E-state index in [4.69, 9.17) is 0 Å². The summed E-state index contributed by atoms with van der Waals surface area (Å²) in [4.78, 5) is 0. The SMILES string of the molecule is CNCC(Cc1ccc(O)cc1)Cc1cccc(F)c1. The standard InChI is InChI=1S/C17H20FNO/c1-19-12-15(9-13-5-7-17(20)8-6-13)10-14-3-2-4-16(18)11-14/h2-8,11,15,19-20H,9-10,12H2,1H3. The van der Waals surface area contributed by atoms with Crippen LogP contribution in [-0.4, -0.2) is 18.7 Å². The summed E-state index contributed by atoms with van der Waals surface area (Å²) in [5.74, 6) is 0.491. The minimum absolute atomic E-state index is 0.185. The van der Waals surface area contributed by atoms with Crippen molar-refractivity contribution in [3.05, 3.63) is 65.5 Å². The van der Waals surface area contributed by atoms with Crippen LogP contribution in [0.15, 0.2) is 48.5 Å². The zero-order valence-corrected chi connectivity index (χ0v) is 11.6. The maximum absolute atomic E-state index is 13.2. The highest BCUT2D eigenvalue weighted by Gasteiger charge is 2.10. The van der Waals surface area contributed by atoms with Gasteiger partial charge >= 0.3 is 0 Å². The molecule has 0 fully saturated rings. The van der Waals surface area contributed by atoms with Gasteiger partial charge in [0.15, 0.2) is 0 Å². The van der Waals surface area contributed by atoms with Gasteiger partial charge in [-0.05, 0) is 67.7 Å². The van der Waals surface area contributed by atoms with E-state index in [-0.39, 0.29) is 11.6 Å². The summed E-state index contributed by atoms with van der Waals surface area (Å²) >= 11 is 0. The molecule has 2 rings (SSSR count). The second kappa shape index (κ2) is 7.06. The summed E-state index contributed by atoms with van der Waals surface area (Å²) in [6.07, 6.45) is 1.73. The number of hydrogen-bond acceptors (Lipinski definition) is 2. The van der Waals surface area contributed by atoms with Crippen LogP contribution in [0.2, 0.25) is 0 Å². The van der Waals surface area contributed by atoms with Crippen LogP contribution in [0.1, 0.15) is 11.1 Å². The number of rotatable bonds is 6. The third kappa shape index (κ3) is 4.35. The molecule has 0 aliphatic rings. The quantitative estimate of drug-likeness (QED) is 0.847. The van der Waals surface area contributed by atoms with Gasteiger partial charge < -0.3 is 10.4 Å². The highest BCUT2D eigenvalue weighted by molar-refractivity contribution is 5.26. The molecule has 0 spiro atoms. The van der Waals surface area contributed by atoms with E-state index in [0.717, 1.165) is 24.9 Å². The number of nitrogens with one attached hydrogen (secondary N) is 1. The van der Waals surface area contributed by atoms with Gasteiger partial charge in [0, 0.05) is 0 Å². The lowest BCUT2D eigenvalue weighted by molar-refractivity contribution is 0.472. The number of hydrogen-bond donors (Lipinski definition) is 2. The summed E-state index contributed by atoms with van der Waals surface area (Å²) in [5, 5.41) is 12.5. The number of benzene rings is 2. The molecular formula is C17H20FNO. The second-order valence-corrected chi connectivity index (χ2v) is 5.13. The fourth-order valence-corrected chi connectivity index (χ4v) is 2.47. The number of halogens is 1. The molecule has 0 amide bonds. The zero-order valence-electron chi connectivity index (χ0n) is 11.6. The van der Waals surface area contributed by atoms with E-state index in [1.165, 1.54) is 11.6 Å². The molecule has 2 aromatic rings. The molecule has 20 heavy (non-hydrogen) atoms. The molecule has 0 radical (unpaired) electrons. The van der Waals surface area contributed by atoms with Gasteiger partial charge in [-0.15, -0.1) is 0 Å². The van der Waals surface area contributed by atoms with Gasteiger partial charge in [0.05, 0.1) is 0 Å². The van der Waals surface area contributed by atoms with Crippen molar-refractivity contribution in [3.63, 3.8) is 0 Å². The Morgan fingerprint density at radius 2 is 1.75 bits per heavy atom. The maximum atomic E-state index is 13.2. The normalized spacial score (nSPS) is 12.3. The molecule has 0 saturated heterocycles. The van der Waals surface area contributed by atoms with Crippen molar-refractivity contribution in [3.8, 4) is 5.75 Å². The van der Waals surface area contributed by atoms with Gasteiger partial charge in [-0.25, -0.2) is 4.39 Å². The molecule has 0 aromatic heterocycles. The van der Waals surface area contributed by atoms with Gasteiger partial charge in [-0.3, -0.25) is 0 Å². The summed E-state index contributed by atoms with van der Waals surface area (Å²) in [6, 6.07) is 14.1. The lowest BCUT2D eigenvalue weighted by Gasteiger charge is -2.17. The fourth-order valence-electron chi connectivity index (χ4n) is 2.47. The molecule has 0 heterocycles. The molecular weight excluding hydrogens is 253 g/mol. The maximum Gasteiger partial charge on any atom is 0.123 e. The Labute approximate surface area is 119 Å². The minimum atomic E-state index is -0.185. The van der Waals surface area contributed by atoms with Crippen LogP contribution in [0.25, 0.3) is 0 Å². The van der Waals surface area contributed by atoms with Gasteiger partial charge in [-0.1, -0.05) is 24.3 Å². The van der Waals surface area contributed by atoms with Crippen LogP contribution in [0.5, 0.6) is 5.75 Å². The van der Waals surface area contributed by atoms with Crippen molar-refractivity contribution in [2.75, 3.05) is 13.6 Å². The predicted octanol–water partition coefficient (Wildman–Crippen LogP) is 3.15. The molecule has 0 saturated carbocycles. The smallest absolute Gasteiger partial charge is 0.123 e. The zero-order chi connectivity index (χ0) is 14.4. The summed E-state index contributed by atoms with van der Waals surface area (Å²) in [5.41, 5.74) is 2.20. The summed E-state index contributed by atoms with van der Waals surface area (Å²) in [7, 11) is 1.93. The van der Waals surface area contributed by atoms with Gasteiger partial charge in [-0.2, -0.15) is 0 Å². The average molecular weight is 273 g/mol. The average Bonchev–Trinajstić information content (AvgIpc) is 2.42. The Kier molecular flexibility index (Phi) is 5.13. The molecule has 0 aliphatic heterocycles. The van der Waals surface area contributed by atoms with E-state index in [1.54, 1.807) is 24.3 Å². The first kappa shape index (κ1) is 14.5. The molecule has 106 valence electrons. The highest BCUT2D eigenvalue weighted by atomic mass is 19.1. The molecule has 0 bridgehead atoms. The molecule has 2 nitrogen and oxygen atoms in total. The topological polar surface area (TPSA) is 32.3 Å². The second-order valence-electron chi connectivity index (χ2n) is 5.13. The molecule has 1 unspecified atom stereocenters. The lowest BCUT2D eigenvalue weighted by Crippen LogP contribution is -2.22. The molecule has 2 aromatic carbocycles. The van der Waals surface area contributed by atoms with Crippen LogP contribution in [0, 0.1) is 11.7 Å². The van der Waals surface area contributed by atoms with Gasteiger partial charge in [0.1, 0.15) is 11.6 Å². The summed E-state index contributed by atoms with van der Waals surface area (Å²) < 4.78 is 13.2. The van der Waals surface area contributed by atoms with Crippen molar-refractivity contribution in [1.29, 1.82) is 0 Å². The highest BCUT2D eigenvalue weighted by Crippen LogP contribution is 2.17. The third-order valence-corrected chi connectivity index (χ3v) is 3.37. The Morgan fingerprint density at radius 1 is 1.05 bits per heavy atom. The number of phenolic OH excluding ortho intramolecular Hbond substituents is 1. The van der Waals surface area contributed by atoms with Crippen LogP contribution in [0.3, 0.4) is 0 Å². The first-order chi connectivity index (χ1) is 9.67. The monoisotopic (exact) mass is 273 g/mol. The first-order valence-corrected chi connectivity index (χ1v) is 6.84. The Hall–Kier alpha value is -1.87. The van der Waals surface area contributed by atoms with Crippen LogP contribution < -0.4 is 5.32 Å². The number of aromatic hydroxyl groups is 1. The van der Waals surface area contributed by atoms with E-state index in [1.807, 2.05) is 25.2 Å². The van der Waals surface area contributed by atoms with E-state index in [2.05, 4.69) is 5.32 Å². The predicted molar refractivity (Wildman–Crippen MR) is 79.3 cm³/mol. The Bertz CT molecular complexity index is 539. The van der Waals surface area contributed by atoms with Gasteiger partial charge in [0.2, 0.25) is 0 Å². The first-order valence-electron chi connectivity index (χ1n) is 6.84. The van der Waals surface area contributed by atoms with Gasteiger partial charge in [0.25, 0.3) is 0 Å². The van der Waals surface area contributed by atoms with Crippen molar-refractivity contribution in [2.24, 2.45) is 5.92 Å². The molecule has 2 N–H and O–H groups in total. The van der Waals surface area contributed by atoms with E-state index in [0.29, 0.717) is 5.92 Å². The van der Waals surface area contributed by atoms with Crippen molar-refractivity contribution < 1.29 is 9.50 Å². The fraction of sp³-hybridized carbons (Fsp3) is 0.294. The van der Waals surface area contributed by atoms with Crippen molar-refractivity contribution in [2.45, 2.75) is 12.8 Å². The Balaban J connectivity index is 2.05. The van der Waals surface area contributed by atoms with E-state index < -0.39 is 0 Å². The minimum Gasteiger partial charge on any atom is -0.508 e. The van der Waals surface area contributed by atoms with Crippen molar-refractivity contribution in [1.82, 2.24) is 5.32 Å². The van der Waals surface area contributed by atoms with Crippen LogP contribution in [-0.2, 0) is 12.8 Å². The number of phenols is 1. The van der Waals surface area contributed by atoms with E-state index in [9.17, 15) is 9.50 Å². The summed E-state index contributed by atoms with van der Waals surface area (Å²) in [6.45, 7) is 0.872. The third-order valence-electron chi connectivity index (χ3n) is 3.37. The van der Waals surface area contributed by atoms with E-state index >= 15 is 0 Å². The molecule has 1 atom stereocenters. The van der Waals surface area contributed by atoms with Crippen LogP contribution in [0.4, 0.5) is 4.39 Å². The van der Waals surface area contributed by atoms with Crippen molar-refractivity contribution >= 4 is 0 Å². The lowest BCUT2D eigenvalue weighted by atomic mass is 9.92. The largest absolute Gasteiger partial charge is 0.508 e.